The number of carbonyl (C=O) groups excluding carboxylic acids is 2. The summed E-state index contributed by atoms with van der Waals surface area (Å²) in [7, 11) is 1.92. The minimum atomic E-state index is -0.263. The van der Waals surface area contributed by atoms with Crippen LogP contribution in [0.4, 0.5) is 0 Å². The van der Waals surface area contributed by atoms with Gasteiger partial charge < -0.3 is 14.5 Å². The number of aryl methyl sites for hydroxylation is 1. The van der Waals surface area contributed by atoms with Crippen molar-refractivity contribution in [3.63, 3.8) is 0 Å². The Bertz CT molecular complexity index is 922. The number of thiophene rings is 1. The first-order valence-electron chi connectivity index (χ1n) is 10.4. The molecule has 0 radical (unpaired) electrons. The first-order valence-corrected chi connectivity index (χ1v) is 11.3. The topological polar surface area (TPSA) is 67.7 Å². The number of piperidine rings is 1. The zero-order chi connectivity index (χ0) is 20.0. The summed E-state index contributed by atoms with van der Waals surface area (Å²) in [6.07, 6.45) is 4.51. The molecule has 0 aromatic carbocycles. The molecule has 8 heteroatoms. The number of hydrogen-bond acceptors (Lipinski definition) is 5. The quantitative estimate of drug-likeness (QED) is 0.757. The van der Waals surface area contributed by atoms with E-state index in [0.717, 1.165) is 61.3 Å². The molecule has 0 saturated carbocycles. The molecule has 2 amide bonds. The summed E-state index contributed by atoms with van der Waals surface area (Å²) in [5, 5.41) is 6.51. The SMILES string of the molecule is Cn1nc(C(=O)N2CCCC2)c2c1CC1(CCN(C(=O)c3cccs3)CC1)OC2. The van der Waals surface area contributed by atoms with Gasteiger partial charge in [0.25, 0.3) is 11.8 Å². The predicted octanol–water partition coefficient (Wildman–Crippen LogP) is 2.47. The van der Waals surface area contributed by atoms with Gasteiger partial charge in [0.05, 0.1) is 17.1 Å². The van der Waals surface area contributed by atoms with Gasteiger partial charge >= 0.3 is 0 Å². The van der Waals surface area contributed by atoms with Crippen LogP contribution >= 0.6 is 11.3 Å². The van der Waals surface area contributed by atoms with E-state index in [-0.39, 0.29) is 17.4 Å². The highest BCUT2D eigenvalue weighted by Gasteiger charge is 2.43. The molecule has 154 valence electrons. The number of carbonyl (C=O) groups is 2. The van der Waals surface area contributed by atoms with Crippen molar-refractivity contribution in [2.45, 2.75) is 44.3 Å². The van der Waals surface area contributed by atoms with Crippen LogP contribution in [0.1, 0.15) is 57.1 Å². The lowest BCUT2D eigenvalue weighted by Gasteiger charge is -2.43. The lowest BCUT2D eigenvalue weighted by atomic mass is 9.83. The van der Waals surface area contributed by atoms with Crippen molar-refractivity contribution < 1.29 is 14.3 Å². The number of rotatable bonds is 2. The van der Waals surface area contributed by atoms with Crippen LogP contribution in [-0.2, 0) is 24.8 Å². The molecule has 0 atom stereocenters. The summed E-state index contributed by atoms with van der Waals surface area (Å²) in [4.78, 5) is 30.1. The Hall–Kier alpha value is -2.19. The molecular formula is C21H26N4O3S. The maximum absolute atomic E-state index is 12.9. The zero-order valence-electron chi connectivity index (χ0n) is 16.7. The lowest BCUT2D eigenvalue weighted by Crippen LogP contribution is -2.50. The van der Waals surface area contributed by atoms with Crippen LogP contribution in [0.5, 0.6) is 0 Å². The van der Waals surface area contributed by atoms with Gasteiger partial charge in [-0.15, -0.1) is 11.3 Å². The molecule has 0 N–H and O–H groups in total. The van der Waals surface area contributed by atoms with Gasteiger partial charge in [-0.2, -0.15) is 5.10 Å². The first kappa shape index (κ1) is 18.8. The summed E-state index contributed by atoms with van der Waals surface area (Å²) >= 11 is 1.49. The highest BCUT2D eigenvalue weighted by molar-refractivity contribution is 7.12. The van der Waals surface area contributed by atoms with E-state index < -0.39 is 0 Å². The van der Waals surface area contributed by atoms with Crippen molar-refractivity contribution in [2.75, 3.05) is 26.2 Å². The van der Waals surface area contributed by atoms with Crippen molar-refractivity contribution >= 4 is 23.2 Å². The molecule has 2 saturated heterocycles. The summed E-state index contributed by atoms with van der Waals surface area (Å²) in [5.41, 5.74) is 2.36. The Morgan fingerprint density at radius 1 is 1.10 bits per heavy atom. The largest absolute Gasteiger partial charge is 0.370 e. The second kappa shape index (κ2) is 7.25. The molecule has 29 heavy (non-hydrogen) atoms. The molecule has 7 nitrogen and oxygen atoms in total. The maximum Gasteiger partial charge on any atom is 0.274 e. The van der Waals surface area contributed by atoms with Crippen LogP contribution in [-0.4, -0.2) is 63.2 Å². The monoisotopic (exact) mass is 414 g/mol. The molecule has 2 aromatic rings. The lowest BCUT2D eigenvalue weighted by molar-refractivity contribution is -0.0990. The van der Waals surface area contributed by atoms with E-state index in [1.165, 1.54) is 11.3 Å². The highest BCUT2D eigenvalue weighted by Crippen LogP contribution is 2.38. The van der Waals surface area contributed by atoms with Crippen molar-refractivity contribution in [2.24, 2.45) is 7.05 Å². The van der Waals surface area contributed by atoms with Crippen LogP contribution in [0.3, 0.4) is 0 Å². The molecule has 0 bridgehead atoms. The Morgan fingerprint density at radius 2 is 1.83 bits per heavy atom. The third kappa shape index (κ3) is 3.28. The minimum absolute atomic E-state index is 0.0373. The standard InChI is InChI=1S/C21H26N4O3S/c1-23-16-13-21(6-10-25(11-7-21)19(26)17-5-4-12-29-17)28-14-15(16)18(22-23)20(27)24-8-2-3-9-24/h4-5,12H,2-3,6-11,13-14H2,1H3. The molecule has 0 unspecified atom stereocenters. The second-order valence-corrected chi connectivity index (χ2v) is 9.26. The van der Waals surface area contributed by atoms with E-state index in [2.05, 4.69) is 5.10 Å². The molecule has 5 heterocycles. The third-order valence-corrected chi connectivity index (χ3v) is 7.43. The van der Waals surface area contributed by atoms with E-state index in [1.807, 2.05) is 39.0 Å². The zero-order valence-corrected chi connectivity index (χ0v) is 17.5. The number of likely N-dealkylation sites (tertiary alicyclic amines) is 2. The Balaban J connectivity index is 1.30. The Labute approximate surface area is 174 Å². The van der Waals surface area contributed by atoms with Crippen LogP contribution in [0.25, 0.3) is 0 Å². The molecule has 1 spiro atoms. The number of ether oxygens (including phenoxy) is 1. The minimum Gasteiger partial charge on any atom is -0.370 e. The summed E-state index contributed by atoms with van der Waals surface area (Å²) in [6, 6.07) is 3.80. The van der Waals surface area contributed by atoms with Gasteiger partial charge in [0.15, 0.2) is 5.69 Å². The normalized spacial score (nSPS) is 20.9. The van der Waals surface area contributed by atoms with Gasteiger partial charge in [0, 0.05) is 50.9 Å². The summed E-state index contributed by atoms with van der Waals surface area (Å²) in [6.45, 7) is 3.47. The molecule has 2 aromatic heterocycles. The predicted molar refractivity (Wildman–Crippen MR) is 109 cm³/mol. The van der Waals surface area contributed by atoms with Crippen LogP contribution in [0, 0.1) is 0 Å². The second-order valence-electron chi connectivity index (χ2n) is 8.31. The van der Waals surface area contributed by atoms with E-state index >= 15 is 0 Å². The molecule has 5 rings (SSSR count). The van der Waals surface area contributed by atoms with Crippen molar-refractivity contribution in [3.8, 4) is 0 Å². The molecule has 3 aliphatic heterocycles. The average Bonchev–Trinajstić information content (AvgIpc) is 3.50. The maximum atomic E-state index is 12.9. The molecular weight excluding hydrogens is 388 g/mol. The van der Waals surface area contributed by atoms with E-state index in [4.69, 9.17) is 4.74 Å². The fraction of sp³-hybridized carbons (Fsp3) is 0.571. The average molecular weight is 415 g/mol. The number of amides is 2. The van der Waals surface area contributed by atoms with Gasteiger partial charge in [0.2, 0.25) is 0 Å². The van der Waals surface area contributed by atoms with Crippen molar-refractivity contribution in [1.29, 1.82) is 0 Å². The van der Waals surface area contributed by atoms with Gasteiger partial charge in [-0.05, 0) is 37.1 Å². The van der Waals surface area contributed by atoms with E-state index in [1.54, 1.807) is 0 Å². The van der Waals surface area contributed by atoms with Gasteiger partial charge in [-0.25, -0.2) is 0 Å². The highest BCUT2D eigenvalue weighted by atomic mass is 32.1. The summed E-state index contributed by atoms with van der Waals surface area (Å²) in [5.74, 6) is 0.153. The number of hydrogen-bond donors (Lipinski definition) is 0. The Kier molecular flexibility index (Phi) is 4.70. The number of nitrogens with zero attached hydrogens (tertiary/aromatic N) is 4. The third-order valence-electron chi connectivity index (χ3n) is 6.58. The number of aromatic nitrogens is 2. The molecule has 3 aliphatic rings. The van der Waals surface area contributed by atoms with Gasteiger partial charge in [-0.1, -0.05) is 6.07 Å². The number of fused-ring (bicyclic) bond motifs is 1. The van der Waals surface area contributed by atoms with Crippen molar-refractivity contribution in [1.82, 2.24) is 19.6 Å². The van der Waals surface area contributed by atoms with Crippen molar-refractivity contribution in [3.05, 3.63) is 39.3 Å². The molecule has 0 aliphatic carbocycles. The van der Waals surface area contributed by atoms with Crippen LogP contribution < -0.4 is 0 Å². The van der Waals surface area contributed by atoms with Crippen LogP contribution in [0.15, 0.2) is 17.5 Å². The van der Waals surface area contributed by atoms with E-state index in [0.29, 0.717) is 25.4 Å². The van der Waals surface area contributed by atoms with Gasteiger partial charge in [-0.3, -0.25) is 14.3 Å². The Morgan fingerprint density at radius 3 is 2.52 bits per heavy atom. The van der Waals surface area contributed by atoms with Crippen LogP contribution in [0.2, 0.25) is 0 Å². The first-order chi connectivity index (χ1) is 14.1. The fourth-order valence-corrected chi connectivity index (χ4v) is 5.48. The summed E-state index contributed by atoms with van der Waals surface area (Å²) < 4.78 is 8.23. The van der Waals surface area contributed by atoms with E-state index in [9.17, 15) is 9.59 Å². The fourth-order valence-electron chi connectivity index (χ4n) is 4.79. The van der Waals surface area contributed by atoms with Gasteiger partial charge in [0.1, 0.15) is 0 Å². The smallest absolute Gasteiger partial charge is 0.274 e. The molecule has 2 fully saturated rings.